The fourth-order valence-corrected chi connectivity index (χ4v) is 3.66. The number of carbonyl (C=O) groups is 1. The maximum absolute atomic E-state index is 14.4. The number of ether oxygens (including phenoxy) is 1. The number of aromatic nitrogens is 3. The Bertz CT molecular complexity index is 1230. The first-order chi connectivity index (χ1) is 15.6. The first-order valence-corrected chi connectivity index (χ1v) is 10.3. The van der Waals surface area contributed by atoms with Gasteiger partial charge in [0.25, 0.3) is 5.91 Å². The van der Waals surface area contributed by atoms with Crippen LogP contribution in [0.3, 0.4) is 0 Å². The van der Waals surface area contributed by atoms with Gasteiger partial charge in [-0.1, -0.05) is 18.2 Å². The topological polar surface area (TPSA) is 68.2 Å². The molecule has 1 atom stereocenters. The molecule has 3 aromatic heterocycles. The van der Waals surface area contributed by atoms with Crippen molar-refractivity contribution in [2.75, 3.05) is 13.7 Å². The van der Waals surface area contributed by atoms with E-state index in [-0.39, 0.29) is 30.0 Å². The number of halogens is 1. The standard InChI is InChI=1S/C25H23FN4O2/c1-17(16-32-2)30(15-19-5-3-4-6-22(19)26)25(31)24-13-20(18-7-10-27-11-8-18)21-14-28-12-9-23(21)29-24/h3-14,17H,15-16H2,1-2H3. The SMILES string of the molecule is COCC(C)N(Cc1ccccc1F)C(=O)c1cc(-c2ccncc2)c2cnccc2n1. The quantitative estimate of drug-likeness (QED) is 0.432. The average molecular weight is 430 g/mol. The van der Waals surface area contributed by atoms with Crippen LogP contribution in [-0.4, -0.2) is 45.5 Å². The number of carbonyl (C=O) groups excluding carboxylic acids is 1. The van der Waals surface area contributed by atoms with Crippen LogP contribution in [0.1, 0.15) is 23.0 Å². The largest absolute Gasteiger partial charge is 0.383 e. The minimum Gasteiger partial charge on any atom is -0.383 e. The molecule has 0 fully saturated rings. The van der Waals surface area contributed by atoms with E-state index in [9.17, 15) is 9.18 Å². The van der Waals surface area contributed by atoms with E-state index in [0.29, 0.717) is 17.7 Å². The molecule has 4 aromatic rings. The molecule has 0 N–H and O–H groups in total. The summed E-state index contributed by atoms with van der Waals surface area (Å²) in [7, 11) is 1.57. The summed E-state index contributed by atoms with van der Waals surface area (Å²) in [5.74, 6) is -0.656. The van der Waals surface area contributed by atoms with Gasteiger partial charge in [0.05, 0.1) is 18.2 Å². The Morgan fingerprint density at radius 2 is 1.84 bits per heavy atom. The third-order valence-corrected chi connectivity index (χ3v) is 5.32. The fourth-order valence-electron chi connectivity index (χ4n) is 3.66. The Morgan fingerprint density at radius 3 is 2.59 bits per heavy atom. The van der Waals surface area contributed by atoms with E-state index in [0.717, 1.165) is 16.5 Å². The molecule has 0 saturated heterocycles. The van der Waals surface area contributed by atoms with E-state index in [4.69, 9.17) is 4.74 Å². The predicted molar refractivity (Wildman–Crippen MR) is 120 cm³/mol. The van der Waals surface area contributed by atoms with Crippen molar-refractivity contribution in [3.05, 3.63) is 90.4 Å². The van der Waals surface area contributed by atoms with E-state index < -0.39 is 0 Å². The molecular formula is C25H23FN4O2. The number of amides is 1. The summed E-state index contributed by atoms with van der Waals surface area (Å²) in [4.78, 5) is 28.2. The fraction of sp³-hybridized carbons (Fsp3) is 0.200. The molecule has 0 aliphatic heterocycles. The Hall–Kier alpha value is -3.71. The number of methoxy groups -OCH3 is 1. The number of pyridine rings is 3. The summed E-state index contributed by atoms with van der Waals surface area (Å²) in [5, 5.41) is 0.834. The van der Waals surface area contributed by atoms with Crippen LogP contribution in [0, 0.1) is 5.82 Å². The molecule has 0 radical (unpaired) electrons. The molecule has 32 heavy (non-hydrogen) atoms. The van der Waals surface area contributed by atoms with Crippen molar-refractivity contribution in [3.8, 4) is 11.1 Å². The van der Waals surface area contributed by atoms with Crippen LogP contribution in [0.4, 0.5) is 4.39 Å². The van der Waals surface area contributed by atoms with E-state index in [1.54, 1.807) is 67.1 Å². The van der Waals surface area contributed by atoms with Crippen molar-refractivity contribution in [1.82, 2.24) is 19.9 Å². The van der Waals surface area contributed by atoms with E-state index >= 15 is 0 Å². The van der Waals surface area contributed by atoms with Gasteiger partial charge in [0.15, 0.2) is 0 Å². The highest BCUT2D eigenvalue weighted by molar-refractivity contribution is 6.01. The Balaban J connectivity index is 1.80. The number of hydrogen-bond acceptors (Lipinski definition) is 5. The maximum atomic E-state index is 14.4. The van der Waals surface area contributed by atoms with E-state index in [1.165, 1.54) is 6.07 Å². The molecule has 4 rings (SSSR count). The summed E-state index contributed by atoms with van der Waals surface area (Å²) < 4.78 is 19.6. The maximum Gasteiger partial charge on any atom is 0.273 e. The first kappa shape index (κ1) is 21.5. The second kappa shape index (κ2) is 9.62. The monoisotopic (exact) mass is 430 g/mol. The van der Waals surface area contributed by atoms with Gasteiger partial charge in [-0.15, -0.1) is 0 Å². The number of fused-ring (bicyclic) bond motifs is 1. The van der Waals surface area contributed by atoms with E-state index in [2.05, 4.69) is 15.0 Å². The Morgan fingerprint density at radius 1 is 1.09 bits per heavy atom. The zero-order chi connectivity index (χ0) is 22.5. The zero-order valence-corrected chi connectivity index (χ0v) is 17.9. The average Bonchev–Trinajstić information content (AvgIpc) is 2.83. The minimum absolute atomic E-state index is 0.108. The van der Waals surface area contributed by atoms with Crippen LogP contribution in [0.5, 0.6) is 0 Å². The lowest BCUT2D eigenvalue weighted by molar-refractivity contribution is 0.0534. The highest BCUT2D eigenvalue weighted by Gasteiger charge is 2.25. The Kier molecular flexibility index (Phi) is 6.47. The smallest absolute Gasteiger partial charge is 0.273 e. The van der Waals surface area contributed by atoms with Crippen LogP contribution >= 0.6 is 0 Å². The van der Waals surface area contributed by atoms with Gasteiger partial charge in [-0.05, 0) is 48.4 Å². The third kappa shape index (κ3) is 4.48. The van der Waals surface area contributed by atoms with Crippen LogP contribution in [0.25, 0.3) is 22.0 Å². The van der Waals surface area contributed by atoms with Crippen molar-refractivity contribution in [1.29, 1.82) is 0 Å². The second-order valence-corrected chi connectivity index (χ2v) is 7.51. The first-order valence-electron chi connectivity index (χ1n) is 10.3. The molecular weight excluding hydrogens is 407 g/mol. The molecule has 0 aliphatic carbocycles. The van der Waals surface area contributed by atoms with Gasteiger partial charge in [0.1, 0.15) is 11.5 Å². The predicted octanol–water partition coefficient (Wildman–Crippen LogP) is 4.51. The zero-order valence-electron chi connectivity index (χ0n) is 17.9. The number of nitrogens with zero attached hydrogens (tertiary/aromatic N) is 4. The van der Waals surface area contributed by atoms with Gasteiger partial charge < -0.3 is 9.64 Å². The summed E-state index contributed by atoms with van der Waals surface area (Å²) in [6.45, 7) is 2.29. The van der Waals surface area contributed by atoms with Crippen molar-refractivity contribution in [3.63, 3.8) is 0 Å². The van der Waals surface area contributed by atoms with Crippen LogP contribution < -0.4 is 0 Å². The highest BCUT2D eigenvalue weighted by Crippen LogP contribution is 2.28. The van der Waals surface area contributed by atoms with Gasteiger partial charge >= 0.3 is 0 Å². The molecule has 3 heterocycles. The van der Waals surface area contributed by atoms with Crippen LogP contribution in [-0.2, 0) is 11.3 Å². The highest BCUT2D eigenvalue weighted by atomic mass is 19.1. The van der Waals surface area contributed by atoms with Crippen molar-refractivity contribution >= 4 is 16.8 Å². The molecule has 0 aliphatic rings. The van der Waals surface area contributed by atoms with E-state index in [1.807, 2.05) is 19.1 Å². The van der Waals surface area contributed by atoms with Crippen molar-refractivity contribution in [2.24, 2.45) is 0 Å². The van der Waals surface area contributed by atoms with Gasteiger partial charge in [-0.2, -0.15) is 0 Å². The number of benzene rings is 1. The molecule has 6 nitrogen and oxygen atoms in total. The Labute approximate surface area is 185 Å². The molecule has 0 spiro atoms. The lowest BCUT2D eigenvalue weighted by atomic mass is 10.0. The van der Waals surface area contributed by atoms with Crippen molar-refractivity contribution < 1.29 is 13.9 Å². The van der Waals surface area contributed by atoms with Gasteiger partial charge in [-0.3, -0.25) is 14.8 Å². The molecule has 0 bridgehead atoms. The van der Waals surface area contributed by atoms with Gasteiger partial charge in [0.2, 0.25) is 0 Å². The van der Waals surface area contributed by atoms with Gasteiger partial charge in [0, 0.05) is 49.4 Å². The molecule has 1 unspecified atom stereocenters. The summed E-state index contributed by atoms with van der Waals surface area (Å²) in [6, 6.07) is 13.5. The molecule has 1 amide bonds. The molecule has 1 aromatic carbocycles. The third-order valence-electron chi connectivity index (χ3n) is 5.32. The lowest BCUT2D eigenvalue weighted by Crippen LogP contribution is -2.41. The molecule has 0 saturated carbocycles. The summed E-state index contributed by atoms with van der Waals surface area (Å²) in [5.41, 5.74) is 3.10. The number of rotatable bonds is 7. The number of hydrogen-bond donors (Lipinski definition) is 0. The van der Waals surface area contributed by atoms with Gasteiger partial charge in [-0.25, -0.2) is 9.37 Å². The normalized spacial score (nSPS) is 12.0. The molecule has 162 valence electrons. The van der Waals surface area contributed by atoms with Crippen LogP contribution in [0.15, 0.2) is 73.3 Å². The summed E-state index contributed by atoms with van der Waals surface area (Å²) >= 11 is 0. The molecule has 7 heteroatoms. The lowest BCUT2D eigenvalue weighted by Gasteiger charge is -2.29. The van der Waals surface area contributed by atoms with Crippen molar-refractivity contribution in [2.45, 2.75) is 19.5 Å². The van der Waals surface area contributed by atoms with Crippen LogP contribution in [0.2, 0.25) is 0 Å². The summed E-state index contributed by atoms with van der Waals surface area (Å²) in [6.07, 6.45) is 6.77. The second-order valence-electron chi connectivity index (χ2n) is 7.51. The minimum atomic E-state index is -0.357.